The molecule has 3 heterocycles. The third-order valence-corrected chi connectivity index (χ3v) is 9.37. The predicted molar refractivity (Wildman–Crippen MR) is 168 cm³/mol. The van der Waals surface area contributed by atoms with Crippen molar-refractivity contribution in [3.05, 3.63) is 63.4 Å². The smallest absolute Gasteiger partial charge is 0.410 e. The van der Waals surface area contributed by atoms with Gasteiger partial charge in [0.2, 0.25) is 0 Å². The van der Waals surface area contributed by atoms with Crippen LogP contribution in [0.4, 0.5) is 13.6 Å². The summed E-state index contributed by atoms with van der Waals surface area (Å²) in [7, 11) is -2.92. The van der Waals surface area contributed by atoms with E-state index in [-0.39, 0.29) is 5.75 Å². The Kier molecular flexibility index (Phi) is 12.6. The lowest BCUT2D eigenvalue weighted by molar-refractivity contribution is -0.152. The molecule has 276 valence electrons. The monoisotopic (exact) mass is 732 g/mol. The van der Waals surface area contributed by atoms with Crippen LogP contribution in [0, 0.1) is 0 Å². The van der Waals surface area contributed by atoms with Crippen molar-refractivity contribution < 1.29 is 61.0 Å². The van der Waals surface area contributed by atoms with Crippen molar-refractivity contribution in [1.29, 1.82) is 0 Å². The second-order valence-electron chi connectivity index (χ2n) is 11.9. The van der Waals surface area contributed by atoms with E-state index in [0.717, 1.165) is 31.2 Å². The van der Waals surface area contributed by atoms with Crippen LogP contribution >= 0.6 is 7.52 Å². The van der Waals surface area contributed by atoms with Crippen molar-refractivity contribution >= 4 is 25.6 Å². The minimum Gasteiger partial charge on any atom is -0.462 e. The Balaban J connectivity index is 1.44. The van der Waals surface area contributed by atoms with Gasteiger partial charge in [0.15, 0.2) is 18.6 Å². The lowest BCUT2D eigenvalue weighted by Gasteiger charge is -2.25. The van der Waals surface area contributed by atoms with E-state index in [2.05, 4.69) is 9.82 Å². The Morgan fingerprint density at radius 1 is 1.18 bits per heavy atom. The first kappa shape index (κ1) is 38.6. The summed E-state index contributed by atoms with van der Waals surface area (Å²) in [5.41, 5.74) is -4.79. The maximum absolute atomic E-state index is 16.0. The van der Waals surface area contributed by atoms with Gasteiger partial charge in [-0.05, 0) is 32.9 Å². The first-order valence-corrected chi connectivity index (χ1v) is 17.2. The van der Waals surface area contributed by atoms with Crippen LogP contribution in [-0.4, -0.2) is 107 Å². The molecule has 0 bridgehead atoms. The summed E-state index contributed by atoms with van der Waals surface area (Å²) in [5, 5.41) is 13.3. The standard InChI is InChI=1S/C30H39F2N4O13P/c1-18(2)47-24(38)13-33-50(43,49-20-8-6-5-7-9-20)17-45-15-22-25(39)30(3,32)27(48-22)34-11-10-23(37)36(28(34)41)16-46-26(40)21-12-19(31)14-35(21)29(42)44-4/h5-11,18-19,21-22,25,27,39H,12-17H2,1-4H3,(H,33,43)/t19?,21?,22-,25-,27-,30-,50?/m1/s1. The van der Waals surface area contributed by atoms with Crippen LogP contribution < -0.4 is 20.9 Å². The van der Waals surface area contributed by atoms with E-state index in [1.54, 1.807) is 32.0 Å². The number of rotatable bonds is 14. The van der Waals surface area contributed by atoms with Crippen LogP contribution in [0.5, 0.6) is 5.75 Å². The van der Waals surface area contributed by atoms with E-state index in [4.69, 9.17) is 23.5 Å². The van der Waals surface area contributed by atoms with Crippen molar-refractivity contribution in [2.24, 2.45) is 0 Å². The number of nitrogens with zero attached hydrogens (tertiary/aromatic N) is 3. The maximum atomic E-state index is 16.0. The topological polar surface area (TPSA) is 203 Å². The SMILES string of the molecule is COC(=O)N1CC(F)CC1C(=O)OCn1c(=O)ccn([C@@H]2O[C@H](COCP(=O)(NCC(=O)OC(C)C)Oc3ccccc3)[C@@H](O)[C@@]2(C)F)c1=O. The van der Waals surface area contributed by atoms with E-state index < -0.39 is 118 Å². The zero-order valence-electron chi connectivity index (χ0n) is 27.6. The van der Waals surface area contributed by atoms with Gasteiger partial charge >= 0.3 is 31.2 Å². The molecular formula is C30H39F2N4O13P. The molecular weight excluding hydrogens is 693 g/mol. The highest BCUT2D eigenvalue weighted by molar-refractivity contribution is 7.57. The Bertz CT molecular complexity index is 1690. The molecule has 2 aromatic rings. The first-order valence-electron chi connectivity index (χ1n) is 15.4. The zero-order chi connectivity index (χ0) is 36.8. The molecule has 0 radical (unpaired) electrons. The molecule has 2 aliphatic rings. The number of hydrogen-bond acceptors (Lipinski definition) is 13. The number of amides is 1. The minimum absolute atomic E-state index is 0.188. The van der Waals surface area contributed by atoms with Crippen LogP contribution in [0.2, 0.25) is 0 Å². The quantitative estimate of drug-likeness (QED) is 0.161. The van der Waals surface area contributed by atoms with E-state index in [1.807, 2.05) is 0 Å². The largest absolute Gasteiger partial charge is 0.462 e. The average Bonchev–Trinajstić information content (AvgIpc) is 3.56. The molecule has 4 rings (SSSR count). The molecule has 0 saturated carbocycles. The number of aliphatic hydroxyl groups excluding tert-OH is 1. The highest BCUT2D eigenvalue weighted by Gasteiger charge is 2.55. The molecule has 0 aliphatic carbocycles. The molecule has 20 heteroatoms. The third kappa shape index (κ3) is 9.14. The van der Waals surface area contributed by atoms with Crippen LogP contribution in [-0.2, 0) is 44.6 Å². The molecule has 1 aromatic carbocycles. The van der Waals surface area contributed by atoms with Crippen molar-refractivity contribution in [1.82, 2.24) is 19.1 Å². The number of nitrogens with one attached hydrogen (secondary N) is 1. The molecule has 1 aromatic heterocycles. The fraction of sp³-hybridized carbons (Fsp3) is 0.567. The second-order valence-corrected chi connectivity index (χ2v) is 14.0. The molecule has 2 fully saturated rings. The molecule has 2 N–H and O–H groups in total. The van der Waals surface area contributed by atoms with Crippen LogP contribution in [0.3, 0.4) is 0 Å². The second kappa shape index (κ2) is 16.2. The number of hydrogen-bond donors (Lipinski definition) is 2. The van der Waals surface area contributed by atoms with Crippen molar-refractivity contribution in [3.8, 4) is 5.75 Å². The highest BCUT2D eigenvalue weighted by Crippen LogP contribution is 2.44. The summed E-state index contributed by atoms with van der Waals surface area (Å²) in [4.78, 5) is 63.4. The van der Waals surface area contributed by atoms with Gasteiger partial charge in [0, 0.05) is 18.7 Å². The molecule has 2 saturated heterocycles. The number of para-hydroxylation sites is 1. The number of ether oxygens (including phenoxy) is 5. The fourth-order valence-electron chi connectivity index (χ4n) is 5.27. The number of esters is 2. The maximum Gasteiger partial charge on any atom is 0.410 e. The number of benzene rings is 1. The van der Waals surface area contributed by atoms with E-state index in [1.165, 1.54) is 12.1 Å². The van der Waals surface area contributed by atoms with E-state index >= 15 is 4.39 Å². The molecule has 7 atom stereocenters. The lowest BCUT2D eigenvalue weighted by Crippen LogP contribution is -2.47. The molecule has 2 aliphatic heterocycles. The number of alkyl halides is 2. The van der Waals surface area contributed by atoms with Gasteiger partial charge in [-0.3, -0.25) is 23.6 Å². The average molecular weight is 733 g/mol. The molecule has 1 amide bonds. The highest BCUT2D eigenvalue weighted by atomic mass is 31.2. The number of aromatic nitrogens is 2. The number of halogens is 2. The number of carbonyl (C=O) groups excluding carboxylic acids is 3. The summed E-state index contributed by atoms with van der Waals surface area (Å²) in [6, 6.07) is 7.49. The molecule has 50 heavy (non-hydrogen) atoms. The Morgan fingerprint density at radius 2 is 1.88 bits per heavy atom. The Morgan fingerprint density at radius 3 is 2.54 bits per heavy atom. The Labute approximate surface area is 284 Å². The Hall–Kier alpha value is -4.16. The number of aliphatic hydroxyl groups is 1. The molecule has 3 unspecified atom stereocenters. The summed E-state index contributed by atoms with van der Waals surface area (Å²) < 4.78 is 76.1. The normalized spacial score (nSPS) is 26.0. The van der Waals surface area contributed by atoms with E-state index in [0.29, 0.717) is 9.13 Å². The summed E-state index contributed by atoms with van der Waals surface area (Å²) >= 11 is 0. The van der Waals surface area contributed by atoms with Gasteiger partial charge < -0.3 is 33.3 Å². The summed E-state index contributed by atoms with van der Waals surface area (Å²) in [6.07, 6.45) is -8.24. The number of likely N-dealkylation sites (tertiary alicyclic amines) is 1. The fourth-order valence-corrected chi connectivity index (χ4v) is 6.65. The lowest BCUT2D eigenvalue weighted by atomic mass is 9.98. The van der Waals surface area contributed by atoms with Crippen LogP contribution in [0.1, 0.15) is 33.4 Å². The third-order valence-electron chi connectivity index (χ3n) is 7.70. The van der Waals surface area contributed by atoms with Crippen molar-refractivity contribution in [2.45, 2.75) is 76.3 Å². The number of methoxy groups -OCH3 is 1. The first-order chi connectivity index (χ1) is 23.6. The molecule has 17 nitrogen and oxygen atoms in total. The van der Waals surface area contributed by atoms with Gasteiger partial charge in [-0.2, -0.15) is 0 Å². The van der Waals surface area contributed by atoms with Crippen molar-refractivity contribution in [3.63, 3.8) is 0 Å². The minimum atomic E-state index is -3.97. The van der Waals surface area contributed by atoms with Gasteiger partial charge in [0.05, 0.1) is 26.4 Å². The summed E-state index contributed by atoms with van der Waals surface area (Å²) in [5.74, 6) is -1.63. The van der Waals surface area contributed by atoms with Gasteiger partial charge in [0.1, 0.15) is 43.1 Å². The predicted octanol–water partition coefficient (Wildman–Crippen LogP) is 1.46. The van der Waals surface area contributed by atoms with Crippen LogP contribution in [0.25, 0.3) is 0 Å². The zero-order valence-corrected chi connectivity index (χ0v) is 28.5. The van der Waals surface area contributed by atoms with Gasteiger partial charge in [-0.1, -0.05) is 18.2 Å². The van der Waals surface area contributed by atoms with E-state index in [9.17, 15) is 38.0 Å². The van der Waals surface area contributed by atoms with Crippen LogP contribution in [0.15, 0.2) is 52.2 Å². The summed E-state index contributed by atoms with van der Waals surface area (Å²) in [6.45, 7) is 1.78. The van der Waals surface area contributed by atoms with Crippen molar-refractivity contribution in [2.75, 3.05) is 33.2 Å². The van der Waals surface area contributed by atoms with Gasteiger partial charge in [0.25, 0.3) is 5.56 Å². The number of carbonyl (C=O) groups is 3. The van der Waals surface area contributed by atoms with Gasteiger partial charge in [-0.15, -0.1) is 0 Å². The van der Waals surface area contributed by atoms with Gasteiger partial charge in [-0.25, -0.2) is 32.8 Å². The molecule has 0 spiro atoms.